The Hall–Kier alpha value is -2.61. The Bertz CT molecular complexity index is 1050. The predicted octanol–water partition coefficient (Wildman–Crippen LogP) is 2.42. The first-order valence-corrected chi connectivity index (χ1v) is 11.9. The SMILES string of the molecule is CS(=O)(=O)Cl.[C-]#[N+]c1ccc(CO)nc1.[C-]#[N+]c1ccc(COS(C)(=O)=O)nc1. The van der Waals surface area contributed by atoms with Crippen molar-refractivity contribution in [1.82, 2.24) is 9.97 Å². The fraction of sp³-hybridized carbons (Fsp3) is 0.250. The predicted molar refractivity (Wildman–Crippen MR) is 107 cm³/mol. The van der Waals surface area contributed by atoms with Crippen molar-refractivity contribution in [3.8, 4) is 0 Å². The van der Waals surface area contributed by atoms with Gasteiger partial charge < -0.3 is 5.11 Å². The Labute approximate surface area is 174 Å². The van der Waals surface area contributed by atoms with Crippen LogP contribution in [0.3, 0.4) is 0 Å². The maximum Gasteiger partial charge on any atom is 0.264 e. The quantitative estimate of drug-likeness (QED) is 0.418. The molecule has 29 heavy (non-hydrogen) atoms. The van der Waals surface area contributed by atoms with Crippen LogP contribution in [0.25, 0.3) is 9.69 Å². The minimum atomic E-state index is -3.44. The van der Waals surface area contributed by atoms with Crippen LogP contribution in [0.5, 0.6) is 0 Å². The van der Waals surface area contributed by atoms with E-state index in [-0.39, 0.29) is 13.2 Å². The third-order valence-electron chi connectivity index (χ3n) is 2.46. The van der Waals surface area contributed by atoms with Crippen LogP contribution in [-0.2, 0) is 36.6 Å². The van der Waals surface area contributed by atoms with E-state index < -0.39 is 19.2 Å². The smallest absolute Gasteiger partial charge is 0.264 e. The highest BCUT2D eigenvalue weighted by atomic mass is 35.7. The van der Waals surface area contributed by atoms with Gasteiger partial charge in [0.1, 0.15) is 6.61 Å². The molecule has 1 N–H and O–H groups in total. The highest BCUT2D eigenvalue weighted by molar-refractivity contribution is 8.13. The number of nitrogens with zero attached hydrogens (tertiary/aromatic N) is 4. The molecule has 0 saturated heterocycles. The number of aliphatic hydroxyl groups is 1. The Morgan fingerprint density at radius 2 is 1.38 bits per heavy atom. The van der Waals surface area contributed by atoms with Gasteiger partial charge >= 0.3 is 0 Å². The lowest BCUT2D eigenvalue weighted by molar-refractivity contribution is 0.277. The van der Waals surface area contributed by atoms with Crippen molar-refractivity contribution in [3.05, 3.63) is 70.9 Å². The minimum absolute atomic E-state index is 0.0712. The van der Waals surface area contributed by atoms with Crippen LogP contribution in [-0.4, -0.2) is 44.4 Å². The molecule has 10 nitrogen and oxygen atoms in total. The van der Waals surface area contributed by atoms with Crippen LogP contribution in [0.1, 0.15) is 11.4 Å². The standard InChI is InChI=1S/C8H8N2O3S.C7H6N2O.CH3ClO2S/c1-9-7-3-4-8(10-5-7)6-13-14(2,11)12;1-8-6-2-3-7(5-10)9-4-6;1-5(2,3)4/h3-5H,6H2,2H3;2-4,10H,5H2;1H3. The zero-order valence-corrected chi connectivity index (χ0v) is 17.7. The maximum absolute atomic E-state index is 10.6. The second kappa shape index (κ2) is 12.8. The number of pyridine rings is 2. The number of rotatable bonds is 4. The average molecular weight is 461 g/mol. The molecule has 2 aromatic rings. The second-order valence-corrected chi connectivity index (χ2v) is 9.73. The fourth-order valence-corrected chi connectivity index (χ4v) is 1.65. The van der Waals surface area contributed by atoms with Gasteiger partial charge in [0.15, 0.2) is 0 Å². The molecule has 0 aliphatic heterocycles. The zero-order valence-electron chi connectivity index (χ0n) is 15.4. The summed E-state index contributed by atoms with van der Waals surface area (Å²) in [5.74, 6) is 0. The van der Waals surface area contributed by atoms with Crippen molar-refractivity contribution < 1.29 is 26.1 Å². The second-order valence-electron chi connectivity index (χ2n) is 5.05. The molecule has 13 heteroatoms. The number of hydrogen-bond acceptors (Lipinski definition) is 8. The molecule has 0 radical (unpaired) electrons. The Balaban J connectivity index is 0.000000455. The van der Waals surface area contributed by atoms with Crippen LogP contribution >= 0.6 is 10.7 Å². The third-order valence-corrected chi connectivity index (χ3v) is 3.01. The van der Waals surface area contributed by atoms with Gasteiger partial charge in [-0.25, -0.2) is 18.1 Å². The van der Waals surface area contributed by atoms with Gasteiger partial charge in [-0.2, -0.15) is 8.42 Å². The third kappa shape index (κ3) is 16.1. The largest absolute Gasteiger partial charge is 0.390 e. The monoisotopic (exact) mass is 460 g/mol. The average Bonchev–Trinajstić information content (AvgIpc) is 2.65. The van der Waals surface area contributed by atoms with Crippen LogP contribution in [0.2, 0.25) is 0 Å². The summed E-state index contributed by atoms with van der Waals surface area (Å²) in [6, 6.07) is 6.37. The van der Waals surface area contributed by atoms with Crippen molar-refractivity contribution in [2.45, 2.75) is 13.2 Å². The van der Waals surface area contributed by atoms with Crippen molar-refractivity contribution >= 4 is 41.2 Å². The lowest BCUT2D eigenvalue weighted by Crippen LogP contribution is -2.03. The van der Waals surface area contributed by atoms with Crippen molar-refractivity contribution in [2.75, 3.05) is 12.5 Å². The molecular weight excluding hydrogens is 444 g/mol. The molecule has 0 amide bonds. The van der Waals surface area contributed by atoms with E-state index in [0.29, 0.717) is 22.8 Å². The van der Waals surface area contributed by atoms with Gasteiger partial charge in [-0.3, -0.25) is 14.2 Å². The fourth-order valence-electron chi connectivity index (χ4n) is 1.31. The lowest BCUT2D eigenvalue weighted by atomic mass is 10.3. The lowest BCUT2D eigenvalue weighted by Gasteiger charge is -2.00. The van der Waals surface area contributed by atoms with Gasteiger partial charge in [0.2, 0.25) is 20.4 Å². The summed E-state index contributed by atoms with van der Waals surface area (Å²) in [6.45, 7) is 13.1. The molecule has 0 aromatic carbocycles. The van der Waals surface area contributed by atoms with Crippen LogP contribution in [0.4, 0.5) is 11.4 Å². The molecule has 0 fully saturated rings. The molecule has 0 atom stereocenters. The molecular formula is C16H17ClN4O6S2. The van der Waals surface area contributed by atoms with E-state index in [0.717, 1.165) is 12.5 Å². The Morgan fingerprint density at radius 1 is 0.966 bits per heavy atom. The van der Waals surface area contributed by atoms with Crippen LogP contribution in [0.15, 0.2) is 36.7 Å². The van der Waals surface area contributed by atoms with Crippen molar-refractivity contribution in [2.24, 2.45) is 0 Å². The highest BCUT2D eigenvalue weighted by Crippen LogP contribution is 2.10. The molecule has 0 bridgehead atoms. The summed E-state index contributed by atoms with van der Waals surface area (Å²) in [5, 5.41) is 8.56. The molecule has 2 heterocycles. The first kappa shape index (κ1) is 26.4. The summed E-state index contributed by atoms with van der Waals surface area (Å²) in [4.78, 5) is 14.0. The first-order valence-electron chi connectivity index (χ1n) is 7.37. The molecule has 0 aliphatic carbocycles. The minimum Gasteiger partial charge on any atom is -0.390 e. The van der Waals surface area contributed by atoms with E-state index in [1.807, 2.05) is 0 Å². The van der Waals surface area contributed by atoms with Crippen LogP contribution in [0, 0.1) is 13.1 Å². The van der Waals surface area contributed by atoms with Crippen molar-refractivity contribution in [1.29, 1.82) is 0 Å². The molecule has 156 valence electrons. The molecule has 0 aliphatic rings. The summed E-state index contributed by atoms with van der Waals surface area (Å²) in [6.07, 6.45) is 4.71. The molecule has 0 unspecified atom stereocenters. The van der Waals surface area contributed by atoms with Crippen LogP contribution < -0.4 is 0 Å². The molecule has 2 rings (SSSR count). The normalized spacial score (nSPS) is 10.3. The summed E-state index contributed by atoms with van der Waals surface area (Å²) in [5.41, 5.74) is 1.97. The van der Waals surface area contributed by atoms with Crippen molar-refractivity contribution in [3.63, 3.8) is 0 Å². The topological polar surface area (TPSA) is 132 Å². The summed E-state index contributed by atoms with van der Waals surface area (Å²) in [7, 11) is -2.13. The summed E-state index contributed by atoms with van der Waals surface area (Å²) < 4.78 is 44.6. The van der Waals surface area contributed by atoms with Gasteiger partial charge in [0.05, 0.1) is 43.7 Å². The van der Waals surface area contributed by atoms with E-state index in [1.165, 1.54) is 12.4 Å². The van der Waals surface area contributed by atoms with E-state index in [9.17, 15) is 16.8 Å². The van der Waals surface area contributed by atoms with Gasteiger partial charge in [-0.1, -0.05) is 12.1 Å². The van der Waals surface area contributed by atoms with E-state index in [2.05, 4.69) is 34.5 Å². The molecule has 0 saturated carbocycles. The molecule has 0 spiro atoms. The Kier molecular flexibility index (Phi) is 11.6. The highest BCUT2D eigenvalue weighted by Gasteiger charge is 2.03. The first-order chi connectivity index (χ1) is 13.4. The Morgan fingerprint density at radius 3 is 1.66 bits per heavy atom. The van der Waals surface area contributed by atoms with E-state index >= 15 is 0 Å². The number of aliphatic hydroxyl groups excluding tert-OH is 1. The van der Waals surface area contributed by atoms with E-state index in [4.69, 9.17) is 18.3 Å². The van der Waals surface area contributed by atoms with Gasteiger partial charge in [-0.05, 0) is 12.1 Å². The van der Waals surface area contributed by atoms with Gasteiger partial charge in [-0.15, -0.1) is 0 Å². The van der Waals surface area contributed by atoms with E-state index in [1.54, 1.807) is 24.3 Å². The zero-order chi connectivity index (χ0) is 22.5. The summed E-state index contributed by atoms with van der Waals surface area (Å²) >= 11 is 0. The number of aromatic nitrogens is 2. The molecule has 2 aromatic heterocycles. The maximum atomic E-state index is 10.6. The van der Waals surface area contributed by atoms with Gasteiger partial charge in [0, 0.05) is 23.1 Å². The number of hydrogen-bond donors (Lipinski definition) is 1. The number of halogens is 1. The van der Waals surface area contributed by atoms with Gasteiger partial charge in [0.25, 0.3) is 10.1 Å².